The summed E-state index contributed by atoms with van der Waals surface area (Å²) in [5, 5.41) is 5.00. The third-order valence-electron chi connectivity index (χ3n) is 6.10. The molecule has 3 aromatic carbocycles. The zero-order chi connectivity index (χ0) is 21.4. The predicted molar refractivity (Wildman–Crippen MR) is 124 cm³/mol. The van der Waals surface area contributed by atoms with Crippen molar-refractivity contribution in [1.82, 2.24) is 9.78 Å². The van der Waals surface area contributed by atoms with Gasteiger partial charge in [-0.15, -0.1) is 0 Å². The number of benzene rings is 3. The van der Waals surface area contributed by atoms with Crippen LogP contribution < -0.4 is 4.90 Å². The van der Waals surface area contributed by atoms with E-state index in [-0.39, 0.29) is 5.91 Å². The largest absolute Gasteiger partial charge is 0.270 e. The molecule has 0 fully saturated rings. The number of aryl methyl sites for hydroxylation is 1. The fourth-order valence-corrected chi connectivity index (χ4v) is 4.74. The topological polar surface area (TPSA) is 38.1 Å². The molecule has 4 aromatic rings. The summed E-state index contributed by atoms with van der Waals surface area (Å²) in [4.78, 5) is 16.3. The molecule has 1 aliphatic heterocycles. The van der Waals surface area contributed by atoms with Crippen molar-refractivity contribution in [1.29, 1.82) is 0 Å². The number of amides is 1. The summed E-state index contributed by atoms with van der Waals surface area (Å²) in [6, 6.07) is 29.9. The van der Waals surface area contributed by atoms with Gasteiger partial charge in [0.1, 0.15) is 5.82 Å². The van der Waals surface area contributed by atoms with Crippen LogP contribution in [0.1, 0.15) is 35.7 Å². The van der Waals surface area contributed by atoms with Gasteiger partial charge in [0.25, 0.3) is 5.91 Å². The first-order valence-electron chi connectivity index (χ1n) is 10.8. The average Bonchev–Trinajstić information content (AvgIpc) is 3.26. The molecule has 0 saturated carbocycles. The van der Waals surface area contributed by atoms with Crippen molar-refractivity contribution in [3.8, 4) is 0 Å². The number of rotatable bonds is 5. The Kier molecular flexibility index (Phi) is 4.70. The molecule has 31 heavy (non-hydrogen) atoms. The first kappa shape index (κ1) is 19.3. The molecule has 0 spiro atoms. The smallest absolute Gasteiger partial charge is 0.270 e. The monoisotopic (exact) mass is 407 g/mol. The Bertz CT molecular complexity index is 1170. The van der Waals surface area contributed by atoms with Gasteiger partial charge in [-0.05, 0) is 36.6 Å². The minimum atomic E-state index is -1.05. The van der Waals surface area contributed by atoms with Crippen LogP contribution >= 0.6 is 0 Å². The molecule has 1 aromatic heterocycles. The van der Waals surface area contributed by atoms with Crippen molar-refractivity contribution in [2.24, 2.45) is 0 Å². The highest BCUT2D eigenvalue weighted by Crippen LogP contribution is 2.49. The number of carbonyl (C=O) groups excluding carboxylic acids is 1. The molecule has 4 nitrogen and oxygen atoms in total. The summed E-state index contributed by atoms with van der Waals surface area (Å²) in [7, 11) is 0. The van der Waals surface area contributed by atoms with E-state index in [4.69, 9.17) is 5.10 Å². The molecule has 1 aliphatic rings. The first-order chi connectivity index (χ1) is 15.2. The normalized spacial score (nSPS) is 14.6. The van der Waals surface area contributed by atoms with E-state index in [0.29, 0.717) is 0 Å². The van der Waals surface area contributed by atoms with E-state index >= 15 is 0 Å². The molecule has 4 heteroatoms. The highest BCUT2D eigenvalue weighted by molar-refractivity contribution is 6.12. The zero-order valence-electron chi connectivity index (χ0n) is 17.8. The van der Waals surface area contributed by atoms with E-state index in [1.54, 1.807) is 0 Å². The lowest BCUT2D eigenvalue weighted by molar-refractivity contribution is -0.121. The average molecular weight is 408 g/mol. The molecule has 0 saturated heterocycles. The molecule has 5 rings (SSSR count). The van der Waals surface area contributed by atoms with Gasteiger partial charge < -0.3 is 0 Å². The number of nitrogens with zero attached hydrogens (tertiary/aromatic N) is 3. The van der Waals surface area contributed by atoms with E-state index in [1.165, 1.54) is 0 Å². The van der Waals surface area contributed by atoms with E-state index in [1.807, 2.05) is 108 Å². The highest BCUT2D eigenvalue weighted by Gasteiger charge is 2.56. The van der Waals surface area contributed by atoms with Crippen molar-refractivity contribution in [3.05, 3.63) is 113 Å². The Labute approximate surface area is 182 Å². The molecule has 1 amide bonds. The first-order valence-corrected chi connectivity index (χ1v) is 10.8. The van der Waals surface area contributed by atoms with Crippen LogP contribution in [0.2, 0.25) is 0 Å². The Morgan fingerprint density at radius 2 is 1.32 bits per heavy atom. The molecule has 0 aliphatic carbocycles. The second-order valence-corrected chi connectivity index (χ2v) is 7.97. The SMILES string of the molecule is CCCc1c(C)nn2c1N(c1ccccc1)C(=O)C2(c1ccccc1)c1ccccc1. The van der Waals surface area contributed by atoms with E-state index in [0.717, 1.165) is 46.7 Å². The van der Waals surface area contributed by atoms with E-state index in [9.17, 15) is 4.79 Å². The second kappa shape index (κ2) is 7.55. The number of hydrogen-bond acceptors (Lipinski definition) is 2. The van der Waals surface area contributed by atoms with Crippen LogP contribution in [0.5, 0.6) is 0 Å². The van der Waals surface area contributed by atoms with Gasteiger partial charge in [0.2, 0.25) is 0 Å². The highest BCUT2D eigenvalue weighted by atomic mass is 16.2. The van der Waals surface area contributed by atoms with Crippen LogP contribution in [0, 0.1) is 6.92 Å². The van der Waals surface area contributed by atoms with Gasteiger partial charge in [0, 0.05) is 5.56 Å². The molecular formula is C27H25N3O. The Morgan fingerprint density at radius 3 is 1.84 bits per heavy atom. The lowest BCUT2D eigenvalue weighted by Gasteiger charge is -2.30. The summed E-state index contributed by atoms with van der Waals surface area (Å²) in [5.41, 5.74) is 3.74. The summed E-state index contributed by atoms with van der Waals surface area (Å²) in [5.74, 6) is 0.874. The Hall–Kier alpha value is -3.66. The zero-order valence-corrected chi connectivity index (χ0v) is 17.8. The van der Waals surface area contributed by atoms with Crippen molar-refractivity contribution in [2.45, 2.75) is 32.2 Å². The number of aromatic nitrogens is 2. The minimum absolute atomic E-state index is 0.00375. The number of hydrogen-bond donors (Lipinski definition) is 0. The maximum absolute atomic E-state index is 14.5. The van der Waals surface area contributed by atoms with Crippen molar-refractivity contribution >= 4 is 17.4 Å². The quantitative estimate of drug-likeness (QED) is 0.431. The second-order valence-electron chi connectivity index (χ2n) is 7.97. The summed E-state index contributed by atoms with van der Waals surface area (Å²) in [6.07, 6.45) is 1.86. The lowest BCUT2D eigenvalue weighted by Crippen LogP contribution is -2.44. The number of para-hydroxylation sites is 1. The molecule has 0 unspecified atom stereocenters. The molecule has 0 bridgehead atoms. The van der Waals surface area contributed by atoms with Crippen LogP contribution in [0.25, 0.3) is 0 Å². The minimum Gasteiger partial charge on any atom is -0.270 e. The standard InChI is InChI=1S/C27H25N3O/c1-3-13-24-20(2)28-30-25(24)29(23-18-11-6-12-19-23)26(31)27(30,21-14-7-4-8-15-21)22-16-9-5-10-17-22/h4-12,14-19H,3,13H2,1-2H3. The van der Waals surface area contributed by atoms with Gasteiger partial charge >= 0.3 is 0 Å². The van der Waals surface area contributed by atoms with Crippen molar-refractivity contribution in [3.63, 3.8) is 0 Å². The van der Waals surface area contributed by atoms with Crippen LogP contribution in [-0.2, 0) is 16.8 Å². The van der Waals surface area contributed by atoms with Gasteiger partial charge in [-0.2, -0.15) is 5.10 Å². The maximum Gasteiger partial charge on any atom is 0.270 e. The van der Waals surface area contributed by atoms with E-state index < -0.39 is 5.54 Å². The van der Waals surface area contributed by atoms with Crippen LogP contribution in [0.3, 0.4) is 0 Å². The molecule has 2 heterocycles. The van der Waals surface area contributed by atoms with Gasteiger partial charge in [-0.25, -0.2) is 4.68 Å². The number of fused-ring (bicyclic) bond motifs is 1. The number of carbonyl (C=O) groups is 1. The molecule has 0 N–H and O–H groups in total. The van der Waals surface area contributed by atoms with E-state index in [2.05, 4.69) is 6.92 Å². The van der Waals surface area contributed by atoms with Crippen LogP contribution in [-0.4, -0.2) is 15.7 Å². The van der Waals surface area contributed by atoms with Crippen LogP contribution in [0.4, 0.5) is 11.5 Å². The van der Waals surface area contributed by atoms with Gasteiger partial charge in [0.15, 0.2) is 5.54 Å². The van der Waals surface area contributed by atoms with Crippen molar-refractivity contribution in [2.75, 3.05) is 4.90 Å². The Balaban J connectivity index is 1.89. The van der Waals surface area contributed by atoms with Gasteiger partial charge in [-0.1, -0.05) is 92.2 Å². The van der Waals surface area contributed by atoms with Gasteiger partial charge in [0.05, 0.1) is 11.4 Å². The summed E-state index contributed by atoms with van der Waals surface area (Å²) >= 11 is 0. The third kappa shape index (κ3) is 2.75. The molecule has 154 valence electrons. The maximum atomic E-state index is 14.5. The third-order valence-corrected chi connectivity index (χ3v) is 6.10. The summed E-state index contributed by atoms with van der Waals surface area (Å²) < 4.78 is 1.97. The molecule has 0 atom stereocenters. The fraction of sp³-hybridized carbons (Fsp3) is 0.185. The summed E-state index contributed by atoms with van der Waals surface area (Å²) in [6.45, 7) is 4.21. The van der Waals surface area contributed by atoms with Gasteiger partial charge in [-0.3, -0.25) is 9.69 Å². The predicted octanol–water partition coefficient (Wildman–Crippen LogP) is 5.61. The molecular weight excluding hydrogens is 382 g/mol. The lowest BCUT2D eigenvalue weighted by atomic mass is 9.82. The van der Waals surface area contributed by atoms with Crippen molar-refractivity contribution < 1.29 is 4.79 Å². The fourth-order valence-electron chi connectivity index (χ4n) is 4.74. The molecule has 0 radical (unpaired) electrons. The van der Waals surface area contributed by atoms with Crippen LogP contribution in [0.15, 0.2) is 91.0 Å². The number of anilines is 2. The Morgan fingerprint density at radius 1 is 0.806 bits per heavy atom.